The van der Waals surface area contributed by atoms with Gasteiger partial charge in [0.1, 0.15) is 0 Å². The van der Waals surface area contributed by atoms with Crippen molar-refractivity contribution in [1.29, 1.82) is 0 Å². The van der Waals surface area contributed by atoms with Gasteiger partial charge in [0.2, 0.25) is 0 Å². The van der Waals surface area contributed by atoms with Gasteiger partial charge >= 0.3 is 6.03 Å². The minimum Gasteiger partial charge on any atom is -0.322 e. The molecule has 7 heteroatoms. The van der Waals surface area contributed by atoms with Gasteiger partial charge in [0, 0.05) is 43.1 Å². The summed E-state index contributed by atoms with van der Waals surface area (Å²) in [6.45, 7) is 5.93. The van der Waals surface area contributed by atoms with E-state index in [1.165, 1.54) is 16.9 Å². The van der Waals surface area contributed by atoms with Crippen molar-refractivity contribution in [3.63, 3.8) is 0 Å². The van der Waals surface area contributed by atoms with Crippen LogP contribution in [0.25, 0.3) is 0 Å². The average Bonchev–Trinajstić information content (AvgIpc) is 2.93. The Labute approximate surface area is 144 Å². The molecule has 1 saturated heterocycles. The third-order valence-electron chi connectivity index (χ3n) is 3.79. The number of anilines is 1. The van der Waals surface area contributed by atoms with Gasteiger partial charge in [-0.05, 0) is 24.6 Å². The van der Waals surface area contributed by atoms with Gasteiger partial charge in [-0.15, -0.1) is 11.3 Å². The zero-order valence-electron chi connectivity index (χ0n) is 13.0. The first kappa shape index (κ1) is 16.2. The number of hydrogen-bond donors (Lipinski definition) is 1. The zero-order chi connectivity index (χ0) is 16.2. The highest BCUT2D eigenvalue weighted by atomic mass is 35.5. The number of urea groups is 1. The van der Waals surface area contributed by atoms with Crippen LogP contribution in [0.2, 0.25) is 5.02 Å². The van der Waals surface area contributed by atoms with Gasteiger partial charge in [-0.2, -0.15) is 0 Å². The van der Waals surface area contributed by atoms with Crippen molar-refractivity contribution < 1.29 is 4.79 Å². The van der Waals surface area contributed by atoms with Gasteiger partial charge in [-0.25, -0.2) is 9.78 Å². The number of carbonyl (C=O) groups excluding carboxylic acids is 1. The van der Waals surface area contributed by atoms with Crippen molar-refractivity contribution in [2.45, 2.75) is 13.5 Å². The van der Waals surface area contributed by atoms with Crippen LogP contribution in [0.4, 0.5) is 9.93 Å². The van der Waals surface area contributed by atoms with E-state index in [2.05, 4.69) is 21.3 Å². The van der Waals surface area contributed by atoms with Gasteiger partial charge in [0.15, 0.2) is 5.13 Å². The fraction of sp³-hybridized carbons (Fsp3) is 0.375. The third-order valence-corrected chi connectivity index (χ3v) is 4.90. The number of nitrogens with one attached hydrogen (secondary N) is 1. The van der Waals surface area contributed by atoms with Gasteiger partial charge < -0.3 is 4.90 Å². The van der Waals surface area contributed by atoms with Crippen molar-refractivity contribution >= 4 is 34.1 Å². The highest BCUT2D eigenvalue weighted by Crippen LogP contribution is 2.17. The molecule has 2 aromatic rings. The summed E-state index contributed by atoms with van der Waals surface area (Å²) in [6.07, 6.45) is 0. The van der Waals surface area contributed by atoms with Crippen LogP contribution in [0.5, 0.6) is 0 Å². The number of carbonyl (C=O) groups is 1. The molecule has 1 N–H and O–H groups in total. The van der Waals surface area contributed by atoms with E-state index in [0.717, 1.165) is 43.4 Å². The molecule has 1 fully saturated rings. The van der Waals surface area contributed by atoms with Crippen LogP contribution in [0, 0.1) is 6.92 Å². The Kier molecular flexibility index (Phi) is 5.15. The first-order chi connectivity index (χ1) is 11.1. The monoisotopic (exact) mass is 350 g/mol. The number of piperazine rings is 1. The summed E-state index contributed by atoms with van der Waals surface area (Å²) in [5, 5.41) is 6.22. The second-order valence-electron chi connectivity index (χ2n) is 5.62. The quantitative estimate of drug-likeness (QED) is 0.922. The second-order valence-corrected chi connectivity index (χ2v) is 6.91. The van der Waals surface area contributed by atoms with Crippen LogP contribution >= 0.6 is 22.9 Å². The average molecular weight is 351 g/mol. The molecule has 3 rings (SSSR count). The largest absolute Gasteiger partial charge is 0.323 e. The van der Waals surface area contributed by atoms with Crippen LogP contribution in [0.3, 0.4) is 0 Å². The highest BCUT2D eigenvalue weighted by molar-refractivity contribution is 7.13. The molecule has 2 heterocycles. The lowest BCUT2D eigenvalue weighted by Crippen LogP contribution is -2.49. The summed E-state index contributed by atoms with van der Waals surface area (Å²) in [7, 11) is 0. The third kappa shape index (κ3) is 4.43. The topological polar surface area (TPSA) is 48.5 Å². The molecule has 23 heavy (non-hydrogen) atoms. The molecule has 0 saturated carbocycles. The molecule has 1 aliphatic rings. The zero-order valence-corrected chi connectivity index (χ0v) is 14.5. The molecule has 2 amide bonds. The lowest BCUT2D eigenvalue weighted by molar-refractivity contribution is 0.143. The molecule has 0 radical (unpaired) electrons. The van der Waals surface area contributed by atoms with Crippen LogP contribution in [0.1, 0.15) is 11.3 Å². The number of hydrogen-bond acceptors (Lipinski definition) is 4. The molecule has 1 aromatic carbocycles. The van der Waals surface area contributed by atoms with E-state index < -0.39 is 0 Å². The van der Waals surface area contributed by atoms with Crippen LogP contribution in [-0.4, -0.2) is 47.0 Å². The molecule has 1 aliphatic heterocycles. The Morgan fingerprint density at radius 2 is 2.13 bits per heavy atom. The summed E-state index contributed by atoms with van der Waals surface area (Å²) >= 11 is 7.47. The fourth-order valence-corrected chi connectivity index (χ4v) is 3.48. The summed E-state index contributed by atoms with van der Waals surface area (Å²) < 4.78 is 0. The van der Waals surface area contributed by atoms with E-state index in [1.54, 1.807) is 0 Å². The van der Waals surface area contributed by atoms with Crippen molar-refractivity contribution in [2.75, 3.05) is 31.5 Å². The first-order valence-electron chi connectivity index (χ1n) is 7.55. The van der Waals surface area contributed by atoms with Crippen molar-refractivity contribution in [3.8, 4) is 0 Å². The predicted molar refractivity (Wildman–Crippen MR) is 94.2 cm³/mol. The maximum Gasteiger partial charge on any atom is 0.323 e. The highest BCUT2D eigenvalue weighted by Gasteiger charge is 2.21. The minimum absolute atomic E-state index is 0.0678. The molecule has 5 nitrogen and oxygen atoms in total. The Balaban J connectivity index is 1.49. The Hall–Kier alpha value is -1.63. The van der Waals surface area contributed by atoms with E-state index in [0.29, 0.717) is 5.13 Å². The van der Waals surface area contributed by atoms with E-state index >= 15 is 0 Å². The lowest BCUT2D eigenvalue weighted by atomic mass is 10.2. The van der Waals surface area contributed by atoms with Crippen molar-refractivity contribution in [3.05, 3.63) is 45.9 Å². The number of amides is 2. The Bertz CT molecular complexity index is 682. The number of benzene rings is 1. The standard InChI is InChI=1S/C16H19ClN4OS/c1-12-11-23-15(18-12)19-16(22)21-7-5-20(6-8-21)10-13-3-2-4-14(17)9-13/h2-4,9,11H,5-8,10H2,1H3,(H,18,19,22). The summed E-state index contributed by atoms with van der Waals surface area (Å²) in [5.74, 6) is 0. The van der Waals surface area contributed by atoms with E-state index in [-0.39, 0.29) is 6.03 Å². The lowest BCUT2D eigenvalue weighted by Gasteiger charge is -2.34. The van der Waals surface area contributed by atoms with Gasteiger partial charge in [0.25, 0.3) is 0 Å². The number of aryl methyl sites for hydroxylation is 1. The summed E-state index contributed by atoms with van der Waals surface area (Å²) in [6, 6.07) is 7.86. The molecule has 0 atom stereocenters. The molecular weight excluding hydrogens is 332 g/mol. The Morgan fingerprint density at radius 1 is 1.35 bits per heavy atom. The number of rotatable bonds is 3. The molecular formula is C16H19ClN4OS. The van der Waals surface area contributed by atoms with Gasteiger partial charge in [0.05, 0.1) is 5.69 Å². The summed E-state index contributed by atoms with van der Waals surface area (Å²) in [4.78, 5) is 20.7. The van der Waals surface area contributed by atoms with Crippen molar-refractivity contribution in [1.82, 2.24) is 14.8 Å². The number of thiazole rings is 1. The second kappa shape index (κ2) is 7.29. The maximum absolute atomic E-state index is 12.2. The Morgan fingerprint density at radius 3 is 2.78 bits per heavy atom. The normalized spacial score (nSPS) is 15.7. The van der Waals surface area contributed by atoms with E-state index in [4.69, 9.17) is 11.6 Å². The predicted octanol–water partition coefficient (Wildman–Crippen LogP) is 3.45. The van der Waals surface area contributed by atoms with Crippen LogP contribution in [0.15, 0.2) is 29.6 Å². The SMILES string of the molecule is Cc1csc(NC(=O)N2CCN(Cc3cccc(Cl)c3)CC2)n1. The maximum atomic E-state index is 12.2. The molecule has 122 valence electrons. The molecule has 0 spiro atoms. The number of aromatic nitrogens is 1. The van der Waals surface area contributed by atoms with Crippen LogP contribution < -0.4 is 5.32 Å². The number of nitrogens with zero attached hydrogens (tertiary/aromatic N) is 3. The first-order valence-corrected chi connectivity index (χ1v) is 8.81. The van der Waals surface area contributed by atoms with Gasteiger partial charge in [-0.1, -0.05) is 23.7 Å². The molecule has 0 aliphatic carbocycles. The van der Waals surface area contributed by atoms with Crippen molar-refractivity contribution in [2.24, 2.45) is 0 Å². The van der Waals surface area contributed by atoms with E-state index in [9.17, 15) is 4.79 Å². The minimum atomic E-state index is -0.0678. The fourth-order valence-electron chi connectivity index (χ4n) is 2.58. The molecule has 0 bridgehead atoms. The molecule has 1 aromatic heterocycles. The van der Waals surface area contributed by atoms with Crippen LogP contribution in [-0.2, 0) is 6.54 Å². The van der Waals surface area contributed by atoms with Gasteiger partial charge in [-0.3, -0.25) is 10.2 Å². The van der Waals surface area contributed by atoms with E-state index in [1.807, 2.05) is 35.4 Å². The smallest absolute Gasteiger partial charge is 0.322 e. The molecule has 0 unspecified atom stereocenters. The summed E-state index contributed by atoms with van der Waals surface area (Å²) in [5.41, 5.74) is 2.13. The number of halogens is 1.